The Bertz CT molecular complexity index is 899. The maximum atomic E-state index is 12.3. The van der Waals surface area contributed by atoms with Crippen molar-refractivity contribution in [2.45, 2.75) is 37.9 Å². The first-order chi connectivity index (χ1) is 13.5. The van der Waals surface area contributed by atoms with E-state index < -0.39 is 5.25 Å². The van der Waals surface area contributed by atoms with Crippen molar-refractivity contribution in [1.82, 2.24) is 5.32 Å². The van der Waals surface area contributed by atoms with Gasteiger partial charge in [-0.1, -0.05) is 61.5 Å². The topological polar surface area (TPSA) is 70.6 Å². The van der Waals surface area contributed by atoms with Gasteiger partial charge in [0, 0.05) is 6.42 Å². The number of halogens is 1. The van der Waals surface area contributed by atoms with Gasteiger partial charge < -0.3 is 10.6 Å². The van der Waals surface area contributed by atoms with Crippen LogP contribution in [0.5, 0.6) is 0 Å². The highest BCUT2D eigenvalue weighted by atomic mass is 35.5. The minimum Gasteiger partial charge on any atom is -0.325 e. The standard InChI is InChI=1S/C21H22ClN3O2S/c1-3-13(2)14-8-10-15(11-9-14)23-21-25-20(27)18(28-21)12-19(26)24-17-7-5-4-6-16(17)22/h4-11,13,18H,3,12H2,1-2H3,(H,24,26)(H,23,25,27)/t13-,18-/m1/s1. The number of rotatable bonds is 6. The smallest absolute Gasteiger partial charge is 0.240 e. The zero-order valence-corrected chi connectivity index (χ0v) is 17.3. The van der Waals surface area contributed by atoms with Gasteiger partial charge in [-0.05, 0) is 42.2 Å². The van der Waals surface area contributed by atoms with Gasteiger partial charge in [-0.15, -0.1) is 0 Å². The molecule has 2 atom stereocenters. The van der Waals surface area contributed by atoms with E-state index in [4.69, 9.17) is 11.6 Å². The molecule has 0 radical (unpaired) electrons. The predicted molar refractivity (Wildman–Crippen MR) is 116 cm³/mol. The summed E-state index contributed by atoms with van der Waals surface area (Å²) in [4.78, 5) is 28.9. The van der Waals surface area contributed by atoms with Crippen molar-refractivity contribution in [1.29, 1.82) is 0 Å². The molecule has 0 saturated carbocycles. The predicted octanol–water partition coefficient (Wildman–Crippen LogP) is 5.10. The van der Waals surface area contributed by atoms with Crippen LogP contribution in [-0.2, 0) is 9.59 Å². The molecule has 146 valence electrons. The summed E-state index contributed by atoms with van der Waals surface area (Å²) in [7, 11) is 0. The molecule has 2 N–H and O–H groups in total. The molecule has 5 nitrogen and oxygen atoms in total. The van der Waals surface area contributed by atoms with Gasteiger partial charge >= 0.3 is 0 Å². The molecule has 1 fully saturated rings. The molecule has 0 aromatic heterocycles. The number of nitrogens with zero attached hydrogens (tertiary/aromatic N) is 1. The molecule has 0 unspecified atom stereocenters. The van der Waals surface area contributed by atoms with Crippen LogP contribution in [0.15, 0.2) is 53.5 Å². The monoisotopic (exact) mass is 415 g/mol. The summed E-state index contributed by atoms with van der Waals surface area (Å²) in [5.41, 5.74) is 2.58. The molecule has 1 saturated heterocycles. The molecule has 0 bridgehead atoms. The second-order valence-electron chi connectivity index (χ2n) is 6.65. The van der Waals surface area contributed by atoms with Crippen LogP contribution < -0.4 is 10.6 Å². The van der Waals surface area contributed by atoms with Crippen LogP contribution >= 0.6 is 23.4 Å². The quantitative estimate of drug-likeness (QED) is 0.689. The lowest BCUT2D eigenvalue weighted by molar-refractivity contribution is -0.122. The van der Waals surface area contributed by atoms with Crippen molar-refractivity contribution in [3.05, 3.63) is 59.1 Å². The van der Waals surface area contributed by atoms with Crippen LogP contribution in [0.2, 0.25) is 5.02 Å². The lowest BCUT2D eigenvalue weighted by Crippen LogP contribution is -2.28. The van der Waals surface area contributed by atoms with E-state index in [0.29, 0.717) is 21.8 Å². The summed E-state index contributed by atoms with van der Waals surface area (Å²) in [6.07, 6.45) is 1.13. The Morgan fingerprint density at radius 3 is 2.64 bits per heavy atom. The fraction of sp³-hybridized carbons (Fsp3) is 0.286. The lowest BCUT2D eigenvalue weighted by atomic mass is 9.99. The molecular weight excluding hydrogens is 394 g/mol. The lowest BCUT2D eigenvalue weighted by Gasteiger charge is -2.09. The SMILES string of the molecule is CC[C@@H](C)c1ccc(N=C2NC(=O)[C@@H](CC(=O)Nc3ccccc3Cl)S2)cc1. The van der Waals surface area contributed by atoms with E-state index in [1.54, 1.807) is 24.3 Å². The van der Waals surface area contributed by atoms with Gasteiger partial charge in [-0.25, -0.2) is 4.99 Å². The van der Waals surface area contributed by atoms with Gasteiger partial charge in [0.2, 0.25) is 11.8 Å². The molecule has 2 aromatic rings. The zero-order valence-electron chi connectivity index (χ0n) is 15.7. The van der Waals surface area contributed by atoms with Crippen molar-refractivity contribution in [3.63, 3.8) is 0 Å². The van der Waals surface area contributed by atoms with E-state index in [0.717, 1.165) is 12.1 Å². The highest BCUT2D eigenvalue weighted by Gasteiger charge is 2.32. The minimum absolute atomic E-state index is 0.0493. The van der Waals surface area contributed by atoms with Crippen molar-refractivity contribution in [2.75, 3.05) is 5.32 Å². The highest BCUT2D eigenvalue weighted by Crippen LogP contribution is 2.27. The maximum Gasteiger partial charge on any atom is 0.240 e. The molecule has 28 heavy (non-hydrogen) atoms. The molecule has 2 amide bonds. The molecule has 1 aliphatic heterocycles. The molecule has 1 heterocycles. The number of amides is 2. The van der Waals surface area contributed by atoms with Crippen LogP contribution in [0.3, 0.4) is 0 Å². The Morgan fingerprint density at radius 2 is 1.96 bits per heavy atom. The number of hydrogen-bond donors (Lipinski definition) is 2. The number of benzene rings is 2. The van der Waals surface area contributed by atoms with Gasteiger partial charge in [-0.2, -0.15) is 0 Å². The number of carbonyl (C=O) groups is 2. The first kappa shape index (κ1) is 20.4. The summed E-state index contributed by atoms with van der Waals surface area (Å²) in [5.74, 6) is 0.0254. The highest BCUT2D eigenvalue weighted by molar-refractivity contribution is 8.15. The third-order valence-corrected chi connectivity index (χ3v) is 6.01. The fourth-order valence-corrected chi connectivity index (χ4v) is 3.93. The van der Waals surface area contributed by atoms with E-state index in [2.05, 4.69) is 41.6 Å². The Hall–Kier alpha value is -2.31. The van der Waals surface area contributed by atoms with E-state index in [9.17, 15) is 9.59 Å². The summed E-state index contributed by atoms with van der Waals surface area (Å²) < 4.78 is 0. The Morgan fingerprint density at radius 1 is 1.25 bits per heavy atom. The van der Waals surface area contributed by atoms with Crippen LogP contribution in [0.1, 0.15) is 38.2 Å². The third-order valence-electron chi connectivity index (χ3n) is 4.60. The number of carbonyl (C=O) groups excluding carboxylic acids is 2. The van der Waals surface area contributed by atoms with Gasteiger partial charge in [0.25, 0.3) is 0 Å². The third kappa shape index (κ3) is 5.14. The first-order valence-electron chi connectivity index (χ1n) is 9.16. The average molecular weight is 416 g/mol. The molecular formula is C21H22ClN3O2S. The number of hydrogen-bond acceptors (Lipinski definition) is 4. The number of thioether (sulfide) groups is 1. The van der Waals surface area contributed by atoms with E-state index >= 15 is 0 Å². The molecule has 0 aliphatic carbocycles. The molecule has 2 aromatic carbocycles. The van der Waals surface area contributed by atoms with Gasteiger partial charge in [0.05, 0.1) is 16.4 Å². The molecule has 7 heteroatoms. The van der Waals surface area contributed by atoms with Crippen LogP contribution in [0, 0.1) is 0 Å². The van der Waals surface area contributed by atoms with Crippen molar-refractivity contribution in [3.8, 4) is 0 Å². The summed E-state index contributed by atoms with van der Waals surface area (Å²) >= 11 is 7.32. The number of para-hydroxylation sites is 1. The Balaban J connectivity index is 1.60. The van der Waals surface area contributed by atoms with Gasteiger partial charge in [0.15, 0.2) is 5.17 Å². The minimum atomic E-state index is -0.513. The summed E-state index contributed by atoms with van der Waals surface area (Å²) in [5, 5.41) is 5.95. The number of anilines is 1. The second kappa shape index (κ2) is 9.26. The van der Waals surface area contributed by atoms with E-state index in [1.165, 1.54) is 17.3 Å². The van der Waals surface area contributed by atoms with Gasteiger partial charge in [-0.3, -0.25) is 9.59 Å². The first-order valence-corrected chi connectivity index (χ1v) is 10.4. The van der Waals surface area contributed by atoms with E-state index in [1.807, 2.05) is 12.1 Å². The maximum absolute atomic E-state index is 12.3. The largest absolute Gasteiger partial charge is 0.325 e. The Kier molecular flexibility index (Phi) is 6.75. The summed E-state index contributed by atoms with van der Waals surface area (Å²) in [6, 6.07) is 15.0. The van der Waals surface area contributed by atoms with Crippen molar-refractivity contribution < 1.29 is 9.59 Å². The number of aliphatic imine (C=N–C) groups is 1. The second-order valence-corrected chi connectivity index (χ2v) is 8.24. The zero-order chi connectivity index (χ0) is 20.1. The van der Waals surface area contributed by atoms with Crippen LogP contribution in [0.4, 0.5) is 11.4 Å². The normalized spacial score (nSPS) is 18.8. The van der Waals surface area contributed by atoms with Gasteiger partial charge in [0.1, 0.15) is 5.25 Å². The average Bonchev–Trinajstić information content (AvgIpc) is 3.02. The van der Waals surface area contributed by atoms with Crippen LogP contribution in [-0.4, -0.2) is 22.2 Å². The molecule has 0 spiro atoms. The Labute approximate surface area is 174 Å². The summed E-state index contributed by atoms with van der Waals surface area (Å²) in [6.45, 7) is 4.34. The molecule has 3 rings (SSSR count). The van der Waals surface area contributed by atoms with Crippen molar-refractivity contribution >= 4 is 51.7 Å². The van der Waals surface area contributed by atoms with Crippen molar-refractivity contribution in [2.24, 2.45) is 4.99 Å². The van der Waals surface area contributed by atoms with Crippen LogP contribution in [0.25, 0.3) is 0 Å². The number of nitrogens with one attached hydrogen (secondary N) is 2. The van der Waals surface area contributed by atoms with E-state index in [-0.39, 0.29) is 18.2 Å². The number of amidine groups is 1. The molecule has 1 aliphatic rings. The fourth-order valence-electron chi connectivity index (χ4n) is 2.75.